The van der Waals surface area contributed by atoms with Crippen LogP contribution in [0.15, 0.2) is 0 Å². The van der Waals surface area contributed by atoms with Crippen LogP contribution in [-0.2, 0) is 4.74 Å². The fourth-order valence-corrected chi connectivity index (χ4v) is 2.10. The molecule has 80 valence electrons. The van der Waals surface area contributed by atoms with Crippen LogP contribution in [0.5, 0.6) is 0 Å². The third-order valence-corrected chi connectivity index (χ3v) is 3.82. The van der Waals surface area contributed by atoms with Crippen molar-refractivity contribution in [3.05, 3.63) is 20.2 Å². The Morgan fingerprint density at radius 2 is 2.20 bits per heavy atom. The number of hydrogen-bond acceptors (Lipinski definition) is 4. The smallest absolute Gasteiger partial charge is 0.376 e. The van der Waals surface area contributed by atoms with Gasteiger partial charge in [0, 0.05) is 5.92 Å². The average Bonchev–Trinajstić information content (AvgIpc) is 3.04. The van der Waals surface area contributed by atoms with E-state index in [1.54, 1.807) is 0 Å². The highest BCUT2D eigenvalue weighted by atomic mass is 127. The normalized spacial score (nSPS) is 15.1. The number of carbonyl (C=O) groups is 1. The minimum Gasteiger partial charge on any atom is -0.463 e. The number of aromatic nitrogens is 2. The first kappa shape index (κ1) is 11.1. The van der Waals surface area contributed by atoms with Crippen LogP contribution in [-0.4, -0.2) is 23.0 Å². The molecule has 0 aliphatic heterocycles. The fraction of sp³-hybridized carbons (Fsp3) is 0.444. The lowest BCUT2D eigenvalue weighted by molar-refractivity contribution is 0.0586. The highest BCUT2D eigenvalue weighted by Crippen LogP contribution is 2.42. The van der Waals surface area contributed by atoms with Crippen LogP contribution in [0.4, 0.5) is 0 Å². The van der Waals surface area contributed by atoms with Crippen molar-refractivity contribution in [1.29, 1.82) is 0 Å². The summed E-state index contributed by atoms with van der Waals surface area (Å²) in [5.74, 6) is -0.0687. The molecule has 1 fully saturated rings. The molecule has 1 saturated carbocycles. The van der Waals surface area contributed by atoms with Gasteiger partial charge in [-0.25, -0.2) is 14.8 Å². The van der Waals surface area contributed by atoms with E-state index in [0.717, 1.165) is 22.1 Å². The molecule has 0 amide bonds. The topological polar surface area (TPSA) is 52.1 Å². The number of ether oxygens (including phenoxy) is 1. The molecule has 0 radical (unpaired) electrons. The first-order chi connectivity index (χ1) is 7.13. The van der Waals surface area contributed by atoms with Crippen molar-refractivity contribution in [1.82, 2.24) is 9.97 Å². The van der Waals surface area contributed by atoms with Crippen LogP contribution in [0.2, 0.25) is 5.15 Å². The standard InChI is InChI=1S/C9H8ClIN2O2/c1-15-9(14)8-12-6(4-2-3-4)5(11)7(10)13-8/h4H,2-3H2,1H3. The van der Waals surface area contributed by atoms with Gasteiger partial charge in [-0.3, -0.25) is 0 Å². The molecule has 0 saturated heterocycles. The summed E-state index contributed by atoms with van der Waals surface area (Å²) in [6, 6.07) is 0. The molecule has 1 aromatic rings. The second-order valence-corrected chi connectivity index (χ2v) is 4.74. The highest BCUT2D eigenvalue weighted by molar-refractivity contribution is 14.1. The van der Waals surface area contributed by atoms with E-state index in [4.69, 9.17) is 11.6 Å². The number of nitrogens with zero attached hydrogens (tertiary/aromatic N) is 2. The van der Waals surface area contributed by atoms with Gasteiger partial charge >= 0.3 is 5.97 Å². The van der Waals surface area contributed by atoms with Crippen molar-refractivity contribution in [3.63, 3.8) is 0 Å². The zero-order chi connectivity index (χ0) is 11.0. The van der Waals surface area contributed by atoms with E-state index in [1.807, 2.05) is 0 Å². The molecule has 0 aromatic carbocycles. The lowest BCUT2D eigenvalue weighted by Crippen LogP contribution is -2.10. The second kappa shape index (κ2) is 4.21. The number of halogens is 2. The summed E-state index contributed by atoms with van der Waals surface area (Å²) in [7, 11) is 1.30. The molecular formula is C9H8ClIN2O2. The van der Waals surface area contributed by atoms with Gasteiger partial charge in [0.25, 0.3) is 0 Å². The quantitative estimate of drug-likeness (QED) is 0.472. The molecule has 2 rings (SSSR count). The summed E-state index contributed by atoms with van der Waals surface area (Å²) in [5, 5.41) is 0.327. The molecule has 0 unspecified atom stereocenters. The molecular weight excluding hydrogens is 330 g/mol. The Morgan fingerprint density at radius 3 is 2.73 bits per heavy atom. The molecule has 6 heteroatoms. The van der Waals surface area contributed by atoms with Crippen LogP contribution in [0, 0.1) is 3.57 Å². The van der Waals surface area contributed by atoms with Gasteiger partial charge in [0.15, 0.2) is 0 Å². The Hall–Kier alpha value is -0.430. The van der Waals surface area contributed by atoms with Gasteiger partial charge in [0.1, 0.15) is 5.15 Å². The summed E-state index contributed by atoms with van der Waals surface area (Å²) in [5.41, 5.74) is 0.871. The molecule has 0 atom stereocenters. The van der Waals surface area contributed by atoms with Gasteiger partial charge in [-0.1, -0.05) is 11.6 Å². The van der Waals surface area contributed by atoms with Gasteiger partial charge < -0.3 is 4.74 Å². The van der Waals surface area contributed by atoms with Crippen LogP contribution in [0.3, 0.4) is 0 Å². The van der Waals surface area contributed by atoms with Gasteiger partial charge in [0.2, 0.25) is 5.82 Å². The second-order valence-electron chi connectivity index (χ2n) is 3.30. The number of hydrogen-bond donors (Lipinski definition) is 0. The van der Waals surface area contributed by atoms with Gasteiger partial charge in [-0.2, -0.15) is 0 Å². The SMILES string of the molecule is COC(=O)c1nc(Cl)c(I)c(C2CC2)n1. The van der Waals surface area contributed by atoms with E-state index in [1.165, 1.54) is 7.11 Å². The minimum absolute atomic E-state index is 0.0461. The molecule has 1 heterocycles. The Labute approximate surface area is 106 Å². The number of methoxy groups -OCH3 is 1. The van der Waals surface area contributed by atoms with Crippen molar-refractivity contribution in [2.75, 3.05) is 7.11 Å². The minimum atomic E-state index is -0.546. The van der Waals surface area contributed by atoms with Crippen LogP contribution in [0.25, 0.3) is 0 Å². The van der Waals surface area contributed by atoms with Crippen molar-refractivity contribution in [2.24, 2.45) is 0 Å². The van der Waals surface area contributed by atoms with Crippen LogP contribution < -0.4 is 0 Å². The number of rotatable bonds is 2. The fourth-order valence-electron chi connectivity index (χ4n) is 1.25. The maximum atomic E-state index is 11.3. The Morgan fingerprint density at radius 1 is 1.53 bits per heavy atom. The zero-order valence-electron chi connectivity index (χ0n) is 7.96. The number of carbonyl (C=O) groups excluding carboxylic acids is 1. The van der Waals surface area contributed by atoms with Crippen molar-refractivity contribution in [2.45, 2.75) is 18.8 Å². The van der Waals surface area contributed by atoms with E-state index in [0.29, 0.717) is 11.1 Å². The molecule has 0 N–H and O–H groups in total. The summed E-state index contributed by atoms with van der Waals surface area (Å²) in [6.07, 6.45) is 2.20. The first-order valence-corrected chi connectivity index (χ1v) is 5.90. The summed E-state index contributed by atoms with van der Waals surface area (Å²) in [6.45, 7) is 0. The third-order valence-electron chi connectivity index (χ3n) is 2.17. The zero-order valence-corrected chi connectivity index (χ0v) is 10.9. The summed E-state index contributed by atoms with van der Waals surface area (Å²) < 4.78 is 5.40. The molecule has 1 aliphatic rings. The first-order valence-electron chi connectivity index (χ1n) is 4.44. The van der Waals surface area contributed by atoms with E-state index in [2.05, 4.69) is 37.3 Å². The largest absolute Gasteiger partial charge is 0.463 e. The Bertz CT molecular complexity index is 421. The number of esters is 1. The van der Waals surface area contributed by atoms with E-state index < -0.39 is 5.97 Å². The Balaban J connectivity index is 2.45. The molecule has 4 nitrogen and oxygen atoms in total. The van der Waals surface area contributed by atoms with Crippen molar-refractivity contribution < 1.29 is 9.53 Å². The van der Waals surface area contributed by atoms with Crippen molar-refractivity contribution >= 4 is 40.2 Å². The predicted octanol–water partition coefficient (Wildman–Crippen LogP) is 2.40. The third kappa shape index (κ3) is 2.23. The predicted molar refractivity (Wildman–Crippen MR) is 63.1 cm³/mol. The molecule has 0 bridgehead atoms. The maximum absolute atomic E-state index is 11.3. The lowest BCUT2D eigenvalue weighted by atomic mass is 10.3. The Kier molecular flexibility index (Phi) is 3.11. The average molecular weight is 339 g/mol. The molecule has 0 spiro atoms. The van der Waals surface area contributed by atoms with E-state index >= 15 is 0 Å². The maximum Gasteiger partial charge on any atom is 0.376 e. The summed E-state index contributed by atoms with van der Waals surface area (Å²) >= 11 is 8.03. The van der Waals surface area contributed by atoms with Gasteiger partial charge in [0.05, 0.1) is 16.4 Å². The van der Waals surface area contributed by atoms with E-state index in [-0.39, 0.29) is 5.82 Å². The van der Waals surface area contributed by atoms with E-state index in [9.17, 15) is 4.79 Å². The van der Waals surface area contributed by atoms with Crippen molar-refractivity contribution in [3.8, 4) is 0 Å². The highest BCUT2D eigenvalue weighted by Gasteiger charge is 2.30. The van der Waals surface area contributed by atoms with Crippen LogP contribution in [0.1, 0.15) is 35.1 Å². The monoisotopic (exact) mass is 338 g/mol. The van der Waals surface area contributed by atoms with Crippen LogP contribution >= 0.6 is 34.2 Å². The lowest BCUT2D eigenvalue weighted by Gasteiger charge is -2.05. The van der Waals surface area contributed by atoms with Gasteiger partial charge in [-0.05, 0) is 35.4 Å². The molecule has 1 aliphatic carbocycles. The summed E-state index contributed by atoms with van der Waals surface area (Å²) in [4.78, 5) is 19.3. The van der Waals surface area contributed by atoms with Gasteiger partial charge in [-0.15, -0.1) is 0 Å². The molecule has 1 aromatic heterocycles. The molecule has 15 heavy (non-hydrogen) atoms.